The fourth-order valence-corrected chi connectivity index (χ4v) is 3.57. The summed E-state index contributed by atoms with van der Waals surface area (Å²) in [5, 5.41) is 6.91. The highest BCUT2D eigenvalue weighted by Gasteiger charge is 2.25. The first kappa shape index (κ1) is 20.5. The van der Waals surface area contributed by atoms with Crippen molar-refractivity contribution < 1.29 is 9.32 Å². The molecule has 1 aliphatic heterocycles. The summed E-state index contributed by atoms with van der Waals surface area (Å²) in [4.78, 5) is 19.1. The second kappa shape index (κ2) is 9.32. The van der Waals surface area contributed by atoms with Crippen molar-refractivity contribution in [3.8, 4) is 0 Å². The van der Waals surface area contributed by atoms with Crippen LogP contribution in [0.3, 0.4) is 0 Å². The number of nitrogens with one attached hydrogen (secondary N) is 1. The number of aryl methyl sites for hydroxylation is 1. The zero-order valence-corrected chi connectivity index (χ0v) is 17.4. The molecule has 0 aliphatic carbocycles. The van der Waals surface area contributed by atoms with E-state index in [2.05, 4.69) is 46.3 Å². The second-order valence-corrected chi connectivity index (χ2v) is 8.41. The Labute approximate surface area is 167 Å². The van der Waals surface area contributed by atoms with Gasteiger partial charge in [0.2, 0.25) is 11.8 Å². The monoisotopic (exact) mass is 384 g/mol. The van der Waals surface area contributed by atoms with Crippen LogP contribution in [-0.2, 0) is 17.6 Å². The van der Waals surface area contributed by atoms with E-state index < -0.39 is 0 Å². The van der Waals surface area contributed by atoms with Crippen LogP contribution in [0.5, 0.6) is 0 Å². The fraction of sp³-hybridized carbons (Fsp3) is 0.591. The molecule has 6 nitrogen and oxygen atoms in total. The molecule has 1 N–H and O–H groups in total. The zero-order chi connectivity index (χ0) is 20.1. The molecule has 1 amide bonds. The zero-order valence-electron chi connectivity index (χ0n) is 17.4. The first-order valence-corrected chi connectivity index (χ1v) is 10.3. The molecule has 0 spiro atoms. The maximum Gasteiger partial charge on any atom is 0.227 e. The lowest BCUT2D eigenvalue weighted by Crippen LogP contribution is -2.23. The van der Waals surface area contributed by atoms with Gasteiger partial charge in [-0.25, -0.2) is 0 Å². The topological polar surface area (TPSA) is 71.3 Å². The van der Waals surface area contributed by atoms with Crippen molar-refractivity contribution in [2.75, 3.05) is 25.0 Å². The van der Waals surface area contributed by atoms with E-state index in [4.69, 9.17) is 4.52 Å². The van der Waals surface area contributed by atoms with Crippen LogP contribution in [-0.4, -0.2) is 40.6 Å². The summed E-state index contributed by atoms with van der Waals surface area (Å²) in [6.07, 6.45) is 1.78. The maximum atomic E-state index is 12.3. The largest absolute Gasteiger partial charge is 0.339 e. The van der Waals surface area contributed by atoms with Gasteiger partial charge in [-0.2, -0.15) is 4.98 Å². The van der Waals surface area contributed by atoms with Crippen LogP contribution in [0.1, 0.15) is 57.3 Å². The average Bonchev–Trinajstić information content (AvgIpc) is 3.26. The van der Waals surface area contributed by atoms with Crippen LogP contribution >= 0.6 is 0 Å². The lowest BCUT2D eigenvalue weighted by molar-refractivity contribution is -0.116. The van der Waals surface area contributed by atoms with Crippen LogP contribution < -0.4 is 5.32 Å². The summed E-state index contributed by atoms with van der Waals surface area (Å²) in [6, 6.07) is 8.15. The van der Waals surface area contributed by atoms with E-state index in [1.54, 1.807) is 0 Å². The smallest absolute Gasteiger partial charge is 0.227 e. The highest BCUT2D eigenvalue weighted by molar-refractivity contribution is 5.90. The molecule has 1 aliphatic rings. The van der Waals surface area contributed by atoms with Gasteiger partial charge in [-0.15, -0.1) is 0 Å². The third-order valence-corrected chi connectivity index (χ3v) is 5.56. The van der Waals surface area contributed by atoms with E-state index in [0.29, 0.717) is 24.6 Å². The van der Waals surface area contributed by atoms with E-state index in [-0.39, 0.29) is 11.8 Å². The summed E-state index contributed by atoms with van der Waals surface area (Å²) in [5.41, 5.74) is 2.10. The Hall–Kier alpha value is -2.21. The summed E-state index contributed by atoms with van der Waals surface area (Å²) in [7, 11) is 0. The predicted molar refractivity (Wildman–Crippen MR) is 110 cm³/mol. The average molecular weight is 385 g/mol. The minimum atomic E-state index is -0.0383. The van der Waals surface area contributed by atoms with Crippen LogP contribution in [0.25, 0.3) is 0 Å². The Kier molecular flexibility index (Phi) is 6.83. The number of hydrogen-bond acceptors (Lipinski definition) is 5. The standard InChI is InChI=1S/C22H32N4O2/c1-15(2)22-24-21(28-25-22)9-8-20(27)23-19-7-5-6-18(12-19)10-11-26-13-16(3)17(4)14-26/h5-7,12,15-17H,8-11,13-14H2,1-4H3,(H,23,27)/t16-,17+. The number of carbonyl (C=O) groups excluding carboxylic acids is 1. The van der Waals surface area contributed by atoms with E-state index in [1.807, 2.05) is 26.0 Å². The molecule has 1 aromatic heterocycles. The number of amides is 1. The number of hydrogen-bond donors (Lipinski definition) is 1. The van der Waals surface area contributed by atoms with Crippen molar-refractivity contribution >= 4 is 11.6 Å². The molecule has 6 heteroatoms. The highest BCUT2D eigenvalue weighted by atomic mass is 16.5. The molecule has 1 saturated heterocycles. The number of carbonyl (C=O) groups is 1. The van der Waals surface area contributed by atoms with Crippen molar-refractivity contribution in [2.24, 2.45) is 11.8 Å². The first-order valence-electron chi connectivity index (χ1n) is 10.3. The van der Waals surface area contributed by atoms with Crippen molar-refractivity contribution in [3.05, 3.63) is 41.5 Å². The number of nitrogens with zero attached hydrogens (tertiary/aromatic N) is 3. The van der Waals surface area contributed by atoms with Gasteiger partial charge in [0.1, 0.15) is 0 Å². The summed E-state index contributed by atoms with van der Waals surface area (Å²) < 4.78 is 5.20. The van der Waals surface area contributed by atoms with Crippen LogP contribution in [0.4, 0.5) is 5.69 Å². The SMILES string of the molecule is CC(C)c1noc(CCC(=O)Nc2cccc(CCN3C[C@@H](C)[C@@H](C)C3)c2)n1. The van der Waals surface area contributed by atoms with Crippen LogP contribution in [0, 0.1) is 11.8 Å². The quantitative estimate of drug-likeness (QED) is 0.747. The van der Waals surface area contributed by atoms with Gasteiger partial charge in [0.05, 0.1) is 0 Å². The van der Waals surface area contributed by atoms with Gasteiger partial charge in [0.15, 0.2) is 5.82 Å². The molecule has 2 atom stereocenters. The van der Waals surface area contributed by atoms with Gasteiger partial charge < -0.3 is 14.7 Å². The summed E-state index contributed by atoms with van der Waals surface area (Å²) >= 11 is 0. The number of anilines is 1. The predicted octanol–water partition coefficient (Wildman–Crippen LogP) is 3.89. The van der Waals surface area contributed by atoms with Crippen LogP contribution in [0.2, 0.25) is 0 Å². The number of aromatic nitrogens is 2. The molecule has 3 rings (SSSR count). The second-order valence-electron chi connectivity index (χ2n) is 8.41. The van der Waals surface area contributed by atoms with Gasteiger partial charge in [0, 0.05) is 44.1 Å². The van der Waals surface area contributed by atoms with Gasteiger partial charge >= 0.3 is 0 Å². The molecule has 2 heterocycles. The minimum absolute atomic E-state index is 0.0383. The molecule has 0 unspecified atom stereocenters. The third-order valence-electron chi connectivity index (χ3n) is 5.56. The summed E-state index contributed by atoms with van der Waals surface area (Å²) in [6.45, 7) is 12.1. The lowest BCUT2D eigenvalue weighted by atomic mass is 10.0. The van der Waals surface area contributed by atoms with E-state index >= 15 is 0 Å². The molecular formula is C22H32N4O2. The normalized spacial score (nSPS) is 20.0. The van der Waals surface area contributed by atoms with E-state index in [1.165, 1.54) is 18.7 Å². The van der Waals surface area contributed by atoms with E-state index in [0.717, 1.165) is 30.5 Å². The molecule has 0 radical (unpaired) electrons. The summed E-state index contributed by atoms with van der Waals surface area (Å²) in [5.74, 6) is 2.94. The van der Waals surface area contributed by atoms with Crippen LogP contribution in [0.15, 0.2) is 28.8 Å². The third kappa shape index (κ3) is 5.64. The molecule has 1 aromatic carbocycles. The molecule has 0 bridgehead atoms. The van der Waals surface area contributed by atoms with Crippen molar-refractivity contribution in [2.45, 2.75) is 52.9 Å². The Morgan fingerprint density at radius 3 is 2.68 bits per heavy atom. The Balaban J connectivity index is 1.46. The van der Waals surface area contributed by atoms with E-state index in [9.17, 15) is 4.79 Å². The lowest BCUT2D eigenvalue weighted by Gasteiger charge is -2.15. The Morgan fingerprint density at radius 2 is 2.00 bits per heavy atom. The van der Waals surface area contributed by atoms with Gasteiger partial charge in [-0.1, -0.05) is 45.0 Å². The van der Waals surface area contributed by atoms with Crippen molar-refractivity contribution in [1.82, 2.24) is 15.0 Å². The molecule has 1 fully saturated rings. The fourth-order valence-electron chi connectivity index (χ4n) is 3.57. The minimum Gasteiger partial charge on any atom is -0.339 e. The van der Waals surface area contributed by atoms with Crippen molar-refractivity contribution in [3.63, 3.8) is 0 Å². The van der Waals surface area contributed by atoms with Gasteiger partial charge in [-0.3, -0.25) is 4.79 Å². The Bertz CT molecular complexity index is 776. The molecule has 2 aromatic rings. The number of rotatable bonds is 8. The Morgan fingerprint density at radius 1 is 1.25 bits per heavy atom. The maximum absolute atomic E-state index is 12.3. The van der Waals surface area contributed by atoms with Gasteiger partial charge in [0.25, 0.3) is 0 Å². The first-order chi connectivity index (χ1) is 13.4. The number of likely N-dealkylation sites (tertiary alicyclic amines) is 1. The highest BCUT2D eigenvalue weighted by Crippen LogP contribution is 2.22. The molecule has 28 heavy (non-hydrogen) atoms. The number of benzene rings is 1. The van der Waals surface area contributed by atoms with Gasteiger partial charge in [-0.05, 0) is 36.0 Å². The molecular weight excluding hydrogens is 352 g/mol. The van der Waals surface area contributed by atoms with Crippen molar-refractivity contribution in [1.29, 1.82) is 0 Å². The molecule has 152 valence electrons. The molecule has 0 saturated carbocycles.